The Morgan fingerprint density at radius 3 is 3.05 bits per heavy atom. The summed E-state index contributed by atoms with van der Waals surface area (Å²) in [5, 5.41) is 9.03. The van der Waals surface area contributed by atoms with Crippen molar-refractivity contribution in [2.45, 2.75) is 37.6 Å². The van der Waals surface area contributed by atoms with Crippen molar-refractivity contribution in [1.82, 2.24) is 9.80 Å². The summed E-state index contributed by atoms with van der Waals surface area (Å²) in [4.78, 5) is 4.82. The van der Waals surface area contributed by atoms with Crippen molar-refractivity contribution in [1.29, 1.82) is 5.26 Å². The van der Waals surface area contributed by atoms with E-state index < -0.39 is 0 Å². The second-order valence-electron chi connectivity index (χ2n) is 6.32. The molecule has 21 heavy (non-hydrogen) atoms. The van der Waals surface area contributed by atoms with Crippen molar-refractivity contribution in [3.8, 4) is 6.07 Å². The molecule has 4 heteroatoms. The van der Waals surface area contributed by atoms with Crippen LogP contribution in [0.3, 0.4) is 0 Å². The number of likely N-dealkylation sites (tertiary alicyclic amines) is 1. The Hall–Kier alpha value is -1.41. The molecule has 0 unspecified atom stereocenters. The number of ether oxygens (including phenoxy) is 1. The molecule has 1 aromatic rings. The number of benzene rings is 1. The monoisotopic (exact) mass is 285 g/mol. The van der Waals surface area contributed by atoms with Gasteiger partial charge in [0.1, 0.15) is 0 Å². The maximum Gasteiger partial charge on any atom is 0.0991 e. The molecule has 2 aliphatic heterocycles. The van der Waals surface area contributed by atoms with Crippen molar-refractivity contribution < 1.29 is 4.74 Å². The standard InChI is InChI=1S/C17H23N3O/c1-19(2)16-12-20(15-7-4-8-21-17(15)16)11-14-6-3-5-13(9-14)10-18/h3,5-6,9,15-17H,4,7-8,11-12H2,1-2H3/t15-,16-,17+/m1/s1. The molecule has 2 saturated heterocycles. The molecule has 112 valence electrons. The quantitative estimate of drug-likeness (QED) is 0.850. The van der Waals surface area contributed by atoms with Crippen LogP contribution in [0.5, 0.6) is 0 Å². The van der Waals surface area contributed by atoms with E-state index in [9.17, 15) is 0 Å². The third-order valence-corrected chi connectivity index (χ3v) is 4.71. The smallest absolute Gasteiger partial charge is 0.0991 e. The largest absolute Gasteiger partial charge is 0.375 e. The van der Waals surface area contributed by atoms with Gasteiger partial charge in [-0.1, -0.05) is 12.1 Å². The summed E-state index contributed by atoms with van der Waals surface area (Å²) in [5.74, 6) is 0. The molecule has 0 N–H and O–H groups in total. The zero-order chi connectivity index (χ0) is 14.8. The number of nitrogens with zero attached hydrogens (tertiary/aromatic N) is 3. The lowest BCUT2D eigenvalue weighted by atomic mass is 10.0. The van der Waals surface area contributed by atoms with Gasteiger partial charge in [0.15, 0.2) is 0 Å². The van der Waals surface area contributed by atoms with Gasteiger partial charge in [-0.05, 0) is 44.6 Å². The molecule has 0 amide bonds. The molecule has 2 heterocycles. The van der Waals surface area contributed by atoms with E-state index in [1.165, 1.54) is 12.0 Å². The molecule has 3 atom stereocenters. The third kappa shape index (κ3) is 2.96. The first-order valence-electron chi connectivity index (χ1n) is 7.70. The highest BCUT2D eigenvalue weighted by Gasteiger charge is 2.44. The molecule has 0 saturated carbocycles. The average molecular weight is 285 g/mol. The summed E-state index contributed by atoms with van der Waals surface area (Å²) < 4.78 is 6.05. The first-order valence-corrected chi connectivity index (χ1v) is 7.70. The van der Waals surface area contributed by atoms with E-state index in [-0.39, 0.29) is 0 Å². The number of hydrogen-bond acceptors (Lipinski definition) is 4. The molecule has 1 aromatic carbocycles. The SMILES string of the molecule is CN(C)[C@@H]1CN(Cc2cccc(C#N)c2)[C@@H]2CCCO[C@H]12. The molecule has 2 aliphatic rings. The number of fused-ring (bicyclic) bond motifs is 1. The number of hydrogen-bond donors (Lipinski definition) is 0. The molecule has 0 spiro atoms. The summed E-state index contributed by atoms with van der Waals surface area (Å²) in [6.45, 7) is 2.84. The Morgan fingerprint density at radius 1 is 1.43 bits per heavy atom. The van der Waals surface area contributed by atoms with Gasteiger partial charge < -0.3 is 9.64 Å². The van der Waals surface area contributed by atoms with E-state index in [0.717, 1.165) is 31.7 Å². The molecule has 0 bridgehead atoms. The van der Waals surface area contributed by atoms with Gasteiger partial charge in [0.25, 0.3) is 0 Å². The van der Waals surface area contributed by atoms with Crippen molar-refractivity contribution >= 4 is 0 Å². The van der Waals surface area contributed by atoms with Gasteiger partial charge in [-0.25, -0.2) is 0 Å². The van der Waals surface area contributed by atoms with Crippen LogP contribution in [0.2, 0.25) is 0 Å². The van der Waals surface area contributed by atoms with Crippen LogP contribution in [0.25, 0.3) is 0 Å². The van der Waals surface area contributed by atoms with Gasteiger partial charge in [-0.2, -0.15) is 5.26 Å². The topological polar surface area (TPSA) is 39.5 Å². The van der Waals surface area contributed by atoms with Gasteiger partial charge in [0.2, 0.25) is 0 Å². The summed E-state index contributed by atoms with van der Waals surface area (Å²) in [6, 6.07) is 11.2. The lowest BCUT2D eigenvalue weighted by Gasteiger charge is -2.33. The molecule has 2 fully saturated rings. The fourth-order valence-corrected chi connectivity index (χ4v) is 3.64. The molecule has 0 aliphatic carbocycles. The van der Waals surface area contributed by atoms with Crippen LogP contribution in [0.15, 0.2) is 24.3 Å². The van der Waals surface area contributed by atoms with Crippen LogP contribution in [0.1, 0.15) is 24.0 Å². The zero-order valence-corrected chi connectivity index (χ0v) is 12.8. The van der Waals surface area contributed by atoms with Crippen LogP contribution in [-0.4, -0.2) is 55.2 Å². The normalized spacial score (nSPS) is 29.3. The Balaban J connectivity index is 1.76. The highest BCUT2D eigenvalue weighted by atomic mass is 16.5. The van der Waals surface area contributed by atoms with Crippen molar-refractivity contribution in [2.75, 3.05) is 27.2 Å². The molecule has 0 radical (unpaired) electrons. The van der Waals surface area contributed by atoms with Gasteiger partial charge in [0, 0.05) is 31.8 Å². The number of likely N-dealkylation sites (N-methyl/N-ethyl adjacent to an activating group) is 1. The van der Waals surface area contributed by atoms with Crippen LogP contribution in [0, 0.1) is 11.3 Å². The molecule has 4 nitrogen and oxygen atoms in total. The maximum atomic E-state index is 9.03. The predicted octanol–water partition coefficient (Wildman–Crippen LogP) is 1.85. The lowest BCUT2D eigenvalue weighted by Crippen LogP contribution is -2.45. The molecule has 3 rings (SSSR count). The Labute approximate surface area is 126 Å². The fraction of sp³-hybridized carbons (Fsp3) is 0.588. The van der Waals surface area contributed by atoms with Crippen molar-refractivity contribution in [3.05, 3.63) is 35.4 Å². The fourth-order valence-electron chi connectivity index (χ4n) is 3.64. The highest BCUT2D eigenvalue weighted by molar-refractivity contribution is 5.32. The first kappa shape index (κ1) is 14.5. The minimum atomic E-state index is 0.327. The van der Waals surface area contributed by atoms with E-state index >= 15 is 0 Å². The molecule has 0 aromatic heterocycles. The van der Waals surface area contributed by atoms with Gasteiger partial charge in [0.05, 0.1) is 17.7 Å². The van der Waals surface area contributed by atoms with E-state index in [4.69, 9.17) is 10.00 Å². The van der Waals surface area contributed by atoms with E-state index in [0.29, 0.717) is 18.2 Å². The van der Waals surface area contributed by atoms with E-state index in [2.05, 4.69) is 36.0 Å². The summed E-state index contributed by atoms with van der Waals surface area (Å²) in [5.41, 5.74) is 1.96. The summed E-state index contributed by atoms with van der Waals surface area (Å²) >= 11 is 0. The summed E-state index contributed by atoms with van der Waals surface area (Å²) in [6.07, 6.45) is 2.69. The Bertz CT molecular complexity index is 537. The zero-order valence-electron chi connectivity index (χ0n) is 12.8. The second kappa shape index (κ2) is 6.15. The van der Waals surface area contributed by atoms with Crippen LogP contribution in [0.4, 0.5) is 0 Å². The van der Waals surface area contributed by atoms with E-state index in [1.807, 2.05) is 18.2 Å². The predicted molar refractivity (Wildman–Crippen MR) is 81.8 cm³/mol. The third-order valence-electron chi connectivity index (χ3n) is 4.71. The second-order valence-corrected chi connectivity index (χ2v) is 6.32. The van der Waals surface area contributed by atoms with Gasteiger partial charge in [-0.15, -0.1) is 0 Å². The minimum Gasteiger partial charge on any atom is -0.375 e. The summed E-state index contributed by atoms with van der Waals surface area (Å²) in [7, 11) is 4.28. The number of rotatable bonds is 3. The molecular weight excluding hydrogens is 262 g/mol. The van der Waals surface area contributed by atoms with Crippen LogP contribution in [-0.2, 0) is 11.3 Å². The van der Waals surface area contributed by atoms with Gasteiger partial charge in [-0.3, -0.25) is 4.90 Å². The average Bonchev–Trinajstić information content (AvgIpc) is 2.87. The maximum absolute atomic E-state index is 9.03. The highest BCUT2D eigenvalue weighted by Crippen LogP contribution is 2.32. The molecular formula is C17H23N3O. The van der Waals surface area contributed by atoms with Crippen LogP contribution >= 0.6 is 0 Å². The lowest BCUT2D eigenvalue weighted by molar-refractivity contribution is -0.0343. The minimum absolute atomic E-state index is 0.327. The Morgan fingerprint density at radius 2 is 2.29 bits per heavy atom. The van der Waals surface area contributed by atoms with Crippen molar-refractivity contribution in [2.24, 2.45) is 0 Å². The first-order chi connectivity index (χ1) is 10.2. The van der Waals surface area contributed by atoms with Gasteiger partial charge >= 0.3 is 0 Å². The Kier molecular flexibility index (Phi) is 4.25. The van der Waals surface area contributed by atoms with E-state index in [1.54, 1.807) is 0 Å². The number of nitriles is 1. The van der Waals surface area contributed by atoms with Crippen LogP contribution < -0.4 is 0 Å². The van der Waals surface area contributed by atoms with Crippen molar-refractivity contribution in [3.63, 3.8) is 0 Å².